The minimum atomic E-state index is -0.971. The highest BCUT2D eigenvalue weighted by Gasteiger charge is 2.15. The van der Waals surface area contributed by atoms with Crippen molar-refractivity contribution in [2.24, 2.45) is 0 Å². The molecule has 0 atom stereocenters. The van der Waals surface area contributed by atoms with Crippen LogP contribution in [-0.2, 0) is 19.1 Å². The van der Waals surface area contributed by atoms with E-state index in [4.69, 9.17) is 0 Å². The van der Waals surface area contributed by atoms with E-state index in [2.05, 4.69) is 14.8 Å². The van der Waals surface area contributed by atoms with Gasteiger partial charge in [0.25, 0.3) is 0 Å². The molecule has 0 heterocycles. The van der Waals surface area contributed by atoms with Crippen molar-refractivity contribution in [2.45, 2.75) is 6.92 Å². The normalized spacial score (nSPS) is 9.44. The van der Waals surface area contributed by atoms with Crippen molar-refractivity contribution in [3.05, 3.63) is 29.8 Å². The molecule has 96 valence electrons. The second-order valence-corrected chi connectivity index (χ2v) is 3.25. The van der Waals surface area contributed by atoms with E-state index in [0.717, 1.165) is 0 Å². The van der Waals surface area contributed by atoms with Gasteiger partial charge in [0.1, 0.15) is 0 Å². The Morgan fingerprint density at radius 1 is 1.28 bits per heavy atom. The fourth-order valence-corrected chi connectivity index (χ4v) is 1.22. The van der Waals surface area contributed by atoms with Crippen LogP contribution in [-0.4, -0.2) is 31.6 Å². The largest absolute Gasteiger partial charge is 0.465 e. The average molecular weight is 251 g/mol. The number of nitrogens with one attached hydrogen (secondary N) is 1. The number of ether oxygens (including phenoxy) is 2. The Hall–Kier alpha value is -2.37. The Balaban J connectivity index is 2.76. The van der Waals surface area contributed by atoms with Crippen molar-refractivity contribution in [1.29, 1.82) is 0 Å². The number of rotatable bonds is 3. The van der Waals surface area contributed by atoms with Crippen molar-refractivity contribution < 1.29 is 23.9 Å². The van der Waals surface area contributed by atoms with Gasteiger partial charge >= 0.3 is 17.8 Å². The van der Waals surface area contributed by atoms with Crippen molar-refractivity contribution in [2.75, 3.05) is 19.0 Å². The summed E-state index contributed by atoms with van der Waals surface area (Å²) in [5.41, 5.74) is 0.593. The van der Waals surface area contributed by atoms with E-state index in [-0.39, 0.29) is 12.2 Å². The SMILES string of the molecule is CCOC(=O)C(=O)Nc1cccc(C(=O)OC)c1. The minimum Gasteiger partial charge on any atom is -0.465 e. The lowest BCUT2D eigenvalue weighted by atomic mass is 10.2. The molecule has 0 aliphatic heterocycles. The molecule has 1 rings (SSSR count). The zero-order valence-corrected chi connectivity index (χ0v) is 10.1. The molecule has 0 unspecified atom stereocenters. The molecular weight excluding hydrogens is 238 g/mol. The topological polar surface area (TPSA) is 81.7 Å². The molecule has 1 aromatic rings. The smallest absolute Gasteiger partial charge is 0.397 e. The number of hydrogen-bond acceptors (Lipinski definition) is 5. The van der Waals surface area contributed by atoms with Gasteiger partial charge in [-0.05, 0) is 25.1 Å². The highest BCUT2D eigenvalue weighted by molar-refractivity contribution is 6.37. The molecule has 18 heavy (non-hydrogen) atoms. The third-order valence-corrected chi connectivity index (χ3v) is 2.00. The third kappa shape index (κ3) is 3.58. The molecule has 0 aliphatic carbocycles. The van der Waals surface area contributed by atoms with E-state index in [1.54, 1.807) is 19.1 Å². The van der Waals surface area contributed by atoms with E-state index >= 15 is 0 Å². The molecule has 1 amide bonds. The number of carbonyl (C=O) groups is 3. The van der Waals surface area contributed by atoms with Crippen LogP contribution in [0.15, 0.2) is 24.3 Å². The summed E-state index contributed by atoms with van der Waals surface area (Å²) in [5, 5.41) is 2.32. The Morgan fingerprint density at radius 3 is 2.61 bits per heavy atom. The van der Waals surface area contributed by atoms with Crippen molar-refractivity contribution >= 4 is 23.5 Å². The summed E-state index contributed by atoms with van der Waals surface area (Å²) in [5.74, 6) is -2.39. The number of esters is 2. The van der Waals surface area contributed by atoms with Crippen LogP contribution in [0.5, 0.6) is 0 Å². The fraction of sp³-hybridized carbons (Fsp3) is 0.250. The summed E-state index contributed by atoms with van der Waals surface area (Å²) in [4.78, 5) is 33.7. The van der Waals surface area contributed by atoms with Gasteiger partial charge in [-0.3, -0.25) is 4.79 Å². The summed E-state index contributed by atoms with van der Waals surface area (Å²) in [6.07, 6.45) is 0. The lowest BCUT2D eigenvalue weighted by molar-refractivity contribution is -0.152. The standard InChI is InChI=1S/C12H13NO5/c1-3-18-12(16)10(14)13-9-6-4-5-8(7-9)11(15)17-2/h4-7H,3H2,1-2H3,(H,13,14). The lowest BCUT2D eigenvalue weighted by Gasteiger charge is -2.06. The molecule has 0 saturated heterocycles. The molecule has 0 saturated carbocycles. The lowest BCUT2D eigenvalue weighted by Crippen LogP contribution is -2.25. The first-order valence-corrected chi connectivity index (χ1v) is 5.25. The van der Waals surface area contributed by atoms with Crippen LogP contribution >= 0.6 is 0 Å². The first kappa shape index (κ1) is 13.7. The summed E-state index contributed by atoms with van der Waals surface area (Å²) >= 11 is 0. The Bertz CT molecular complexity index is 469. The van der Waals surface area contributed by atoms with Crippen molar-refractivity contribution in [3.8, 4) is 0 Å². The summed E-state index contributed by atoms with van der Waals surface area (Å²) < 4.78 is 9.07. The highest BCUT2D eigenvalue weighted by Crippen LogP contribution is 2.11. The first-order valence-electron chi connectivity index (χ1n) is 5.25. The predicted octanol–water partition coefficient (Wildman–Crippen LogP) is 0.975. The minimum absolute atomic E-state index is 0.119. The second kappa shape index (κ2) is 6.39. The molecule has 0 fully saturated rings. The third-order valence-electron chi connectivity index (χ3n) is 2.00. The van der Waals surface area contributed by atoms with Gasteiger partial charge in [-0.1, -0.05) is 6.07 Å². The maximum absolute atomic E-state index is 11.4. The molecule has 0 aromatic heterocycles. The van der Waals surface area contributed by atoms with E-state index in [1.807, 2.05) is 0 Å². The summed E-state index contributed by atoms with van der Waals surface area (Å²) in [6, 6.07) is 6.05. The molecule has 0 spiro atoms. The number of anilines is 1. The van der Waals surface area contributed by atoms with Gasteiger partial charge in [-0.2, -0.15) is 0 Å². The average Bonchev–Trinajstić information content (AvgIpc) is 2.38. The number of carbonyl (C=O) groups excluding carboxylic acids is 3. The van der Waals surface area contributed by atoms with Crippen LogP contribution in [0.2, 0.25) is 0 Å². The zero-order valence-electron chi connectivity index (χ0n) is 10.1. The number of methoxy groups -OCH3 is 1. The van der Waals surface area contributed by atoms with Gasteiger partial charge < -0.3 is 14.8 Å². The van der Waals surface area contributed by atoms with Gasteiger partial charge in [-0.15, -0.1) is 0 Å². The van der Waals surface area contributed by atoms with Gasteiger partial charge in [0.2, 0.25) is 0 Å². The fourth-order valence-electron chi connectivity index (χ4n) is 1.22. The molecule has 1 N–H and O–H groups in total. The summed E-state index contributed by atoms with van der Waals surface area (Å²) in [7, 11) is 1.26. The van der Waals surface area contributed by atoms with Crippen molar-refractivity contribution in [3.63, 3.8) is 0 Å². The van der Waals surface area contributed by atoms with Crippen LogP contribution in [0.1, 0.15) is 17.3 Å². The zero-order chi connectivity index (χ0) is 13.5. The molecule has 0 radical (unpaired) electrons. The number of hydrogen-bond donors (Lipinski definition) is 1. The first-order chi connectivity index (χ1) is 8.58. The predicted molar refractivity (Wildman–Crippen MR) is 63.0 cm³/mol. The van der Waals surface area contributed by atoms with Gasteiger partial charge in [0.15, 0.2) is 0 Å². The van der Waals surface area contributed by atoms with Gasteiger partial charge in [0, 0.05) is 5.69 Å². The van der Waals surface area contributed by atoms with Crippen LogP contribution in [0.25, 0.3) is 0 Å². The summed E-state index contributed by atoms with van der Waals surface area (Å²) in [6.45, 7) is 1.72. The van der Waals surface area contributed by atoms with E-state index in [9.17, 15) is 14.4 Å². The molecule has 1 aromatic carbocycles. The van der Waals surface area contributed by atoms with Crippen LogP contribution < -0.4 is 5.32 Å². The molecular formula is C12H13NO5. The van der Waals surface area contributed by atoms with E-state index < -0.39 is 17.8 Å². The Kier molecular flexibility index (Phi) is 4.86. The number of amides is 1. The molecule has 0 bridgehead atoms. The van der Waals surface area contributed by atoms with Crippen LogP contribution in [0, 0.1) is 0 Å². The molecule has 6 nitrogen and oxygen atoms in total. The quantitative estimate of drug-likeness (QED) is 0.639. The number of benzene rings is 1. The van der Waals surface area contributed by atoms with E-state index in [0.29, 0.717) is 5.69 Å². The Morgan fingerprint density at radius 2 is 2.00 bits per heavy atom. The molecule has 0 aliphatic rings. The maximum atomic E-state index is 11.4. The maximum Gasteiger partial charge on any atom is 0.397 e. The second-order valence-electron chi connectivity index (χ2n) is 3.25. The van der Waals surface area contributed by atoms with Gasteiger partial charge in [0.05, 0.1) is 19.3 Å². The van der Waals surface area contributed by atoms with E-state index in [1.165, 1.54) is 19.2 Å². The monoisotopic (exact) mass is 251 g/mol. The van der Waals surface area contributed by atoms with Crippen molar-refractivity contribution in [1.82, 2.24) is 0 Å². The molecule has 6 heteroatoms. The Labute approximate surface area is 104 Å². The van der Waals surface area contributed by atoms with Crippen LogP contribution in [0.4, 0.5) is 5.69 Å². The van der Waals surface area contributed by atoms with Crippen LogP contribution in [0.3, 0.4) is 0 Å². The highest BCUT2D eigenvalue weighted by atomic mass is 16.5. The van der Waals surface area contributed by atoms with Gasteiger partial charge in [-0.25, -0.2) is 9.59 Å².